The first-order chi connectivity index (χ1) is 12.3. The molecule has 1 fully saturated rings. The largest absolute Gasteiger partial charge is 0.369 e. The van der Waals surface area contributed by atoms with Gasteiger partial charge in [-0.3, -0.25) is 4.90 Å². The Kier molecular flexibility index (Phi) is 13.5. The highest BCUT2D eigenvalue weighted by Gasteiger charge is 2.17. The van der Waals surface area contributed by atoms with Crippen LogP contribution in [0.1, 0.15) is 52.8 Å². The molecule has 25 heavy (non-hydrogen) atoms. The maximum Gasteiger partial charge on any atom is 0.124 e. The molecule has 0 saturated carbocycles. The van der Waals surface area contributed by atoms with Gasteiger partial charge in [0.25, 0.3) is 0 Å². The van der Waals surface area contributed by atoms with Gasteiger partial charge in [-0.2, -0.15) is 0 Å². The minimum atomic E-state index is 0.887. The zero-order chi connectivity index (χ0) is 19.1. The third-order valence-electron chi connectivity index (χ3n) is 3.65. The summed E-state index contributed by atoms with van der Waals surface area (Å²) in [6.07, 6.45) is 1.64. The molecule has 2 aromatic rings. The molecule has 142 valence electrons. The Morgan fingerprint density at radius 1 is 0.840 bits per heavy atom. The normalized spacial score (nSPS) is 13.5. The van der Waals surface area contributed by atoms with Crippen LogP contribution in [-0.4, -0.2) is 36.2 Å². The summed E-state index contributed by atoms with van der Waals surface area (Å²) in [4.78, 5) is 4.86. The Morgan fingerprint density at radius 2 is 1.40 bits per heavy atom. The number of nitrogens with zero attached hydrogens (tertiary/aromatic N) is 3. The summed E-state index contributed by atoms with van der Waals surface area (Å²) in [7, 11) is 0. The minimum Gasteiger partial charge on any atom is -0.369 e. The van der Waals surface area contributed by atoms with Gasteiger partial charge in [0.1, 0.15) is 6.26 Å². The summed E-state index contributed by atoms with van der Waals surface area (Å²) in [6.45, 7) is 19.3. The van der Waals surface area contributed by atoms with Crippen molar-refractivity contribution in [3.8, 4) is 0 Å². The van der Waals surface area contributed by atoms with Gasteiger partial charge in [0.15, 0.2) is 0 Å². The quantitative estimate of drug-likeness (QED) is 0.746. The standard InChI is InChI=1S/C15H19N3O.3C2H6/c1-13-2-4-15(5-3-13)18-9-7-17(8-10-18)12-14-6-11-19-16-14;3*1-2/h2-6,11H,7-10,12H2,1H3;3*1-2H3. The summed E-state index contributed by atoms with van der Waals surface area (Å²) in [5.41, 5.74) is 3.66. The molecule has 4 nitrogen and oxygen atoms in total. The number of aryl methyl sites for hydroxylation is 1. The first-order valence-electron chi connectivity index (χ1n) is 9.74. The predicted octanol–water partition coefficient (Wildman–Crippen LogP) is 5.38. The summed E-state index contributed by atoms with van der Waals surface area (Å²) >= 11 is 0. The minimum absolute atomic E-state index is 0.887. The lowest BCUT2D eigenvalue weighted by molar-refractivity contribution is 0.242. The third kappa shape index (κ3) is 8.21. The van der Waals surface area contributed by atoms with Crippen molar-refractivity contribution in [3.05, 3.63) is 47.9 Å². The molecule has 0 atom stereocenters. The van der Waals surface area contributed by atoms with Crippen molar-refractivity contribution < 1.29 is 4.52 Å². The highest BCUT2D eigenvalue weighted by atomic mass is 16.5. The maximum absolute atomic E-state index is 4.87. The van der Waals surface area contributed by atoms with Gasteiger partial charge in [0.05, 0.1) is 5.69 Å². The molecule has 0 unspecified atom stereocenters. The fourth-order valence-electron chi connectivity index (χ4n) is 2.47. The average Bonchev–Trinajstić information content (AvgIpc) is 3.21. The van der Waals surface area contributed by atoms with Crippen LogP contribution in [0.5, 0.6) is 0 Å². The van der Waals surface area contributed by atoms with Crippen molar-refractivity contribution in [1.29, 1.82) is 0 Å². The second-order valence-electron chi connectivity index (χ2n) is 5.09. The van der Waals surface area contributed by atoms with E-state index >= 15 is 0 Å². The molecule has 0 spiro atoms. The zero-order valence-electron chi connectivity index (χ0n) is 17.2. The van der Waals surface area contributed by atoms with Gasteiger partial charge in [-0.05, 0) is 19.1 Å². The zero-order valence-corrected chi connectivity index (χ0v) is 17.2. The van der Waals surface area contributed by atoms with E-state index in [0.717, 1.165) is 38.4 Å². The number of hydrogen-bond acceptors (Lipinski definition) is 4. The van der Waals surface area contributed by atoms with Crippen molar-refractivity contribution in [2.24, 2.45) is 0 Å². The van der Waals surface area contributed by atoms with E-state index in [1.54, 1.807) is 6.26 Å². The van der Waals surface area contributed by atoms with E-state index in [2.05, 4.69) is 46.1 Å². The highest BCUT2D eigenvalue weighted by molar-refractivity contribution is 5.47. The molecular weight excluding hydrogens is 310 g/mol. The van der Waals surface area contributed by atoms with Crippen LogP contribution in [0.4, 0.5) is 5.69 Å². The van der Waals surface area contributed by atoms with Crippen molar-refractivity contribution in [2.75, 3.05) is 31.1 Å². The molecule has 1 aromatic heterocycles. The molecule has 1 aliphatic rings. The van der Waals surface area contributed by atoms with E-state index in [0.29, 0.717) is 0 Å². The number of anilines is 1. The Morgan fingerprint density at radius 3 is 1.88 bits per heavy atom. The van der Waals surface area contributed by atoms with E-state index in [1.807, 2.05) is 47.6 Å². The Bertz CT molecular complexity index is 500. The highest BCUT2D eigenvalue weighted by Crippen LogP contribution is 2.17. The van der Waals surface area contributed by atoms with E-state index in [4.69, 9.17) is 4.52 Å². The topological polar surface area (TPSA) is 32.5 Å². The lowest BCUT2D eigenvalue weighted by Crippen LogP contribution is -2.46. The Balaban J connectivity index is 0.000000871. The lowest BCUT2D eigenvalue weighted by Gasteiger charge is -2.35. The second kappa shape index (κ2) is 14.5. The molecule has 0 N–H and O–H groups in total. The van der Waals surface area contributed by atoms with Crippen LogP contribution in [0.25, 0.3) is 0 Å². The summed E-state index contributed by atoms with van der Waals surface area (Å²) in [5, 5.41) is 3.97. The number of benzene rings is 1. The summed E-state index contributed by atoms with van der Waals surface area (Å²) in [6, 6.07) is 10.7. The first kappa shape index (κ1) is 23.2. The fraction of sp³-hybridized carbons (Fsp3) is 0.571. The third-order valence-corrected chi connectivity index (χ3v) is 3.65. The number of piperazine rings is 1. The monoisotopic (exact) mass is 347 g/mol. The molecule has 4 heteroatoms. The van der Waals surface area contributed by atoms with Gasteiger partial charge in [0.2, 0.25) is 0 Å². The van der Waals surface area contributed by atoms with Crippen molar-refractivity contribution in [1.82, 2.24) is 10.1 Å². The van der Waals surface area contributed by atoms with Crippen LogP contribution in [0.15, 0.2) is 41.1 Å². The van der Waals surface area contributed by atoms with Crippen LogP contribution in [-0.2, 0) is 6.54 Å². The second-order valence-corrected chi connectivity index (χ2v) is 5.09. The summed E-state index contributed by atoms with van der Waals surface area (Å²) in [5.74, 6) is 0. The molecule has 1 saturated heterocycles. The molecule has 0 radical (unpaired) electrons. The van der Waals surface area contributed by atoms with E-state index in [-0.39, 0.29) is 0 Å². The molecular formula is C21H37N3O. The van der Waals surface area contributed by atoms with Crippen LogP contribution >= 0.6 is 0 Å². The van der Waals surface area contributed by atoms with Gasteiger partial charge in [-0.15, -0.1) is 0 Å². The van der Waals surface area contributed by atoms with Crippen molar-refractivity contribution in [2.45, 2.75) is 55.0 Å². The number of hydrogen-bond donors (Lipinski definition) is 0. The maximum atomic E-state index is 4.87. The molecule has 1 aromatic carbocycles. The average molecular weight is 348 g/mol. The van der Waals surface area contributed by atoms with E-state index < -0.39 is 0 Å². The van der Waals surface area contributed by atoms with Gasteiger partial charge >= 0.3 is 0 Å². The fourth-order valence-corrected chi connectivity index (χ4v) is 2.47. The van der Waals surface area contributed by atoms with Gasteiger partial charge in [0, 0.05) is 44.5 Å². The lowest BCUT2D eigenvalue weighted by atomic mass is 10.2. The SMILES string of the molecule is CC.CC.CC.Cc1ccc(N2CCN(Cc3ccon3)CC2)cc1. The molecule has 2 heterocycles. The first-order valence-corrected chi connectivity index (χ1v) is 9.74. The Labute approximate surface area is 154 Å². The van der Waals surface area contributed by atoms with Crippen LogP contribution in [0, 0.1) is 6.92 Å². The number of aromatic nitrogens is 1. The van der Waals surface area contributed by atoms with E-state index in [1.165, 1.54) is 11.3 Å². The van der Waals surface area contributed by atoms with Crippen LogP contribution in [0.3, 0.4) is 0 Å². The smallest absolute Gasteiger partial charge is 0.124 e. The van der Waals surface area contributed by atoms with Crippen molar-refractivity contribution in [3.63, 3.8) is 0 Å². The number of rotatable bonds is 3. The van der Waals surface area contributed by atoms with Gasteiger partial charge < -0.3 is 9.42 Å². The molecule has 3 rings (SSSR count). The van der Waals surface area contributed by atoms with E-state index in [9.17, 15) is 0 Å². The molecule has 0 aliphatic carbocycles. The van der Waals surface area contributed by atoms with Crippen molar-refractivity contribution >= 4 is 5.69 Å². The van der Waals surface area contributed by atoms with Crippen LogP contribution < -0.4 is 4.90 Å². The molecule has 0 bridgehead atoms. The Hall–Kier alpha value is -1.81. The predicted molar refractivity (Wildman–Crippen MR) is 109 cm³/mol. The van der Waals surface area contributed by atoms with Crippen LogP contribution in [0.2, 0.25) is 0 Å². The molecule has 0 amide bonds. The molecule has 1 aliphatic heterocycles. The summed E-state index contributed by atoms with van der Waals surface area (Å²) < 4.78 is 4.87. The van der Waals surface area contributed by atoms with Gasteiger partial charge in [-0.25, -0.2) is 0 Å². The van der Waals surface area contributed by atoms with Gasteiger partial charge in [-0.1, -0.05) is 64.4 Å².